The van der Waals surface area contributed by atoms with Crippen molar-refractivity contribution in [2.24, 2.45) is 0 Å². The fourth-order valence-electron chi connectivity index (χ4n) is 1.77. The highest BCUT2D eigenvalue weighted by atomic mass is 16.5. The molecule has 0 aliphatic carbocycles. The summed E-state index contributed by atoms with van der Waals surface area (Å²) in [6.45, 7) is 0.757. The zero-order chi connectivity index (χ0) is 13.5. The third-order valence-corrected chi connectivity index (χ3v) is 2.80. The molecular formula is C15H15N3O. The molecule has 0 bridgehead atoms. The molecule has 4 heteroatoms. The number of hydrogen-bond donors (Lipinski definition) is 1. The van der Waals surface area contributed by atoms with Crippen molar-refractivity contribution in [3.63, 3.8) is 0 Å². The van der Waals surface area contributed by atoms with Gasteiger partial charge in [0, 0.05) is 12.7 Å². The number of pyridine rings is 1. The number of nitrogens with one attached hydrogen (secondary N) is 1. The van der Waals surface area contributed by atoms with Crippen molar-refractivity contribution in [1.82, 2.24) is 4.98 Å². The third kappa shape index (κ3) is 3.46. The summed E-state index contributed by atoms with van der Waals surface area (Å²) in [6.07, 6.45) is 2.50. The molecule has 2 rings (SSSR count). The number of anilines is 1. The van der Waals surface area contributed by atoms with Crippen molar-refractivity contribution in [3.05, 3.63) is 53.9 Å². The first kappa shape index (κ1) is 12.9. The third-order valence-electron chi connectivity index (χ3n) is 2.80. The lowest BCUT2D eigenvalue weighted by molar-refractivity contribution is 0.414. The lowest BCUT2D eigenvalue weighted by Gasteiger charge is -2.07. The van der Waals surface area contributed by atoms with E-state index in [1.165, 1.54) is 5.56 Å². The van der Waals surface area contributed by atoms with Gasteiger partial charge >= 0.3 is 0 Å². The first-order valence-electron chi connectivity index (χ1n) is 6.05. The molecule has 19 heavy (non-hydrogen) atoms. The van der Waals surface area contributed by atoms with Gasteiger partial charge in [0.1, 0.15) is 11.8 Å². The zero-order valence-corrected chi connectivity index (χ0v) is 10.8. The van der Waals surface area contributed by atoms with Crippen molar-refractivity contribution in [2.45, 2.75) is 6.42 Å². The second kappa shape index (κ2) is 6.41. The fraction of sp³-hybridized carbons (Fsp3) is 0.200. The van der Waals surface area contributed by atoms with E-state index in [1.807, 2.05) is 36.4 Å². The summed E-state index contributed by atoms with van der Waals surface area (Å²) in [6, 6.07) is 13.7. The van der Waals surface area contributed by atoms with Crippen LogP contribution in [0.5, 0.6) is 5.75 Å². The van der Waals surface area contributed by atoms with Gasteiger partial charge in [-0.1, -0.05) is 12.1 Å². The SMILES string of the molecule is COc1ccc(CCNc2cccnc2C#N)cc1. The maximum Gasteiger partial charge on any atom is 0.163 e. The molecule has 2 aromatic rings. The molecule has 0 saturated carbocycles. The van der Waals surface area contributed by atoms with Crippen molar-refractivity contribution < 1.29 is 4.74 Å². The van der Waals surface area contributed by atoms with E-state index >= 15 is 0 Å². The van der Waals surface area contributed by atoms with Gasteiger partial charge in [0.25, 0.3) is 0 Å². The standard InChI is InChI=1S/C15H15N3O/c1-19-13-6-4-12(5-7-13)8-10-18-14-3-2-9-17-15(14)11-16/h2-7,9,18H,8,10H2,1H3. The van der Waals surface area contributed by atoms with Crippen LogP contribution >= 0.6 is 0 Å². The quantitative estimate of drug-likeness (QED) is 0.889. The lowest BCUT2D eigenvalue weighted by Crippen LogP contribution is -2.06. The number of rotatable bonds is 5. The Bertz CT molecular complexity index is 573. The second-order valence-corrected chi connectivity index (χ2v) is 4.04. The largest absolute Gasteiger partial charge is 0.497 e. The number of nitrogens with zero attached hydrogens (tertiary/aromatic N) is 2. The van der Waals surface area contributed by atoms with Crippen molar-refractivity contribution >= 4 is 5.69 Å². The normalized spacial score (nSPS) is 9.68. The van der Waals surface area contributed by atoms with E-state index in [0.717, 1.165) is 24.4 Å². The van der Waals surface area contributed by atoms with E-state index in [1.54, 1.807) is 13.3 Å². The summed E-state index contributed by atoms with van der Waals surface area (Å²) in [7, 11) is 1.66. The summed E-state index contributed by atoms with van der Waals surface area (Å²) in [4.78, 5) is 4.01. The van der Waals surface area contributed by atoms with Crippen LogP contribution in [0.15, 0.2) is 42.6 Å². The first-order chi connectivity index (χ1) is 9.33. The number of benzene rings is 1. The van der Waals surface area contributed by atoms with Crippen LogP contribution in [0.3, 0.4) is 0 Å². The molecule has 4 nitrogen and oxygen atoms in total. The van der Waals surface area contributed by atoms with Crippen LogP contribution in [0.2, 0.25) is 0 Å². The Hall–Kier alpha value is -2.54. The van der Waals surface area contributed by atoms with Gasteiger partial charge in [0.15, 0.2) is 5.69 Å². The molecule has 1 heterocycles. The Kier molecular flexibility index (Phi) is 4.35. The van der Waals surface area contributed by atoms with E-state index in [0.29, 0.717) is 5.69 Å². The number of hydrogen-bond acceptors (Lipinski definition) is 4. The van der Waals surface area contributed by atoms with E-state index in [9.17, 15) is 0 Å². The fourth-order valence-corrected chi connectivity index (χ4v) is 1.77. The summed E-state index contributed by atoms with van der Waals surface area (Å²) in [5, 5.41) is 12.2. The van der Waals surface area contributed by atoms with Gasteiger partial charge in [0.05, 0.1) is 12.8 Å². The molecule has 0 fully saturated rings. The van der Waals surface area contributed by atoms with Gasteiger partial charge in [0.2, 0.25) is 0 Å². The Morgan fingerprint density at radius 1 is 1.26 bits per heavy atom. The van der Waals surface area contributed by atoms with Crippen LogP contribution in [-0.4, -0.2) is 18.6 Å². The van der Waals surface area contributed by atoms with Crippen molar-refractivity contribution in [1.29, 1.82) is 5.26 Å². The average Bonchev–Trinajstić information content (AvgIpc) is 2.48. The molecule has 1 aromatic carbocycles. The number of aromatic nitrogens is 1. The highest BCUT2D eigenvalue weighted by Crippen LogP contribution is 2.13. The topological polar surface area (TPSA) is 57.9 Å². The lowest BCUT2D eigenvalue weighted by atomic mass is 10.1. The molecule has 0 amide bonds. The Labute approximate surface area is 112 Å². The van der Waals surface area contributed by atoms with Gasteiger partial charge in [-0.05, 0) is 36.2 Å². The summed E-state index contributed by atoms with van der Waals surface area (Å²) >= 11 is 0. The average molecular weight is 253 g/mol. The van der Waals surface area contributed by atoms with Crippen LogP contribution in [0.1, 0.15) is 11.3 Å². The van der Waals surface area contributed by atoms with Crippen LogP contribution in [-0.2, 0) is 6.42 Å². The predicted molar refractivity (Wildman–Crippen MR) is 74.1 cm³/mol. The molecule has 0 atom stereocenters. The monoisotopic (exact) mass is 253 g/mol. The summed E-state index contributed by atoms with van der Waals surface area (Å²) in [5.41, 5.74) is 2.42. The highest BCUT2D eigenvalue weighted by Gasteiger charge is 2.01. The summed E-state index contributed by atoms with van der Waals surface area (Å²) in [5.74, 6) is 0.857. The summed E-state index contributed by atoms with van der Waals surface area (Å²) < 4.78 is 5.11. The number of nitriles is 1. The highest BCUT2D eigenvalue weighted by molar-refractivity contribution is 5.53. The molecule has 0 saturated heterocycles. The smallest absolute Gasteiger partial charge is 0.163 e. The molecule has 0 aliphatic rings. The van der Waals surface area contributed by atoms with Gasteiger partial charge in [-0.2, -0.15) is 5.26 Å². The van der Waals surface area contributed by atoms with Crippen LogP contribution in [0, 0.1) is 11.3 Å². The maximum atomic E-state index is 8.93. The maximum absolute atomic E-state index is 8.93. The number of methoxy groups -OCH3 is 1. The minimum absolute atomic E-state index is 0.428. The van der Waals surface area contributed by atoms with E-state index in [-0.39, 0.29) is 0 Å². The van der Waals surface area contributed by atoms with Crippen LogP contribution < -0.4 is 10.1 Å². The van der Waals surface area contributed by atoms with Gasteiger partial charge in [-0.3, -0.25) is 0 Å². The molecular weight excluding hydrogens is 238 g/mol. The van der Waals surface area contributed by atoms with Gasteiger partial charge in [-0.15, -0.1) is 0 Å². The second-order valence-electron chi connectivity index (χ2n) is 4.04. The van der Waals surface area contributed by atoms with E-state index in [2.05, 4.69) is 16.4 Å². The van der Waals surface area contributed by atoms with E-state index < -0.39 is 0 Å². The zero-order valence-electron chi connectivity index (χ0n) is 10.8. The molecule has 0 unspecified atom stereocenters. The molecule has 1 N–H and O–H groups in total. The minimum atomic E-state index is 0.428. The van der Waals surface area contributed by atoms with Crippen LogP contribution in [0.4, 0.5) is 5.69 Å². The first-order valence-corrected chi connectivity index (χ1v) is 6.05. The van der Waals surface area contributed by atoms with Gasteiger partial charge in [-0.25, -0.2) is 4.98 Å². The van der Waals surface area contributed by atoms with Crippen molar-refractivity contribution in [2.75, 3.05) is 19.0 Å². The van der Waals surface area contributed by atoms with E-state index in [4.69, 9.17) is 10.00 Å². The molecule has 1 aromatic heterocycles. The molecule has 0 radical (unpaired) electrons. The predicted octanol–water partition coefficient (Wildman–Crippen LogP) is 2.62. The molecule has 96 valence electrons. The van der Waals surface area contributed by atoms with Crippen molar-refractivity contribution in [3.8, 4) is 11.8 Å². The minimum Gasteiger partial charge on any atom is -0.497 e. The molecule has 0 aliphatic heterocycles. The molecule has 0 spiro atoms. The Morgan fingerprint density at radius 2 is 2.05 bits per heavy atom. The Balaban J connectivity index is 1.91. The Morgan fingerprint density at radius 3 is 2.74 bits per heavy atom. The number of ether oxygens (including phenoxy) is 1. The van der Waals surface area contributed by atoms with Gasteiger partial charge < -0.3 is 10.1 Å². The van der Waals surface area contributed by atoms with Crippen LogP contribution in [0.25, 0.3) is 0 Å².